The minimum Gasteiger partial charge on any atom is -0.408 e. The first-order chi connectivity index (χ1) is 14.1. The molecule has 1 amide bonds. The second-order valence-corrected chi connectivity index (χ2v) is 8.76. The van der Waals surface area contributed by atoms with E-state index in [0.717, 1.165) is 23.4 Å². The van der Waals surface area contributed by atoms with Crippen LogP contribution in [0.15, 0.2) is 51.7 Å². The fraction of sp³-hybridized carbons (Fsp3) is 0.286. The Morgan fingerprint density at radius 2 is 2.14 bits per heavy atom. The lowest BCUT2D eigenvalue weighted by Gasteiger charge is -2.31. The van der Waals surface area contributed by atoms with Gasteiger partial charge in [-0.05, 0) is 37.1 Å². The molecule has 3 heterocycles. The molecule has 0 aliphatic carbocycles. The lowest BCUT2D eigenvalue weighted by Crippen LogP contribution is -2.41. The van der Waals surface area contributed by atoms with Gasteiger partial charge < -0.3 is 9.32 Å². The summed E-state index contributed by atoms with van der Waals surface area (Å²) in [4.78, 5) is 31.8. The van der Waals surface area contributed by atoms with Crippen molar-refractivity contribution < 1.29 is 9.21 Å². The maximum atomic E-state index is 13.0. The van der Waals surface area contributed by atoms with Crippen molar-refractivity contribution in [3.8, 4) is 0 Å². The maximum absolute atomic E-state index is 13.0. The number of carbonyl (C=O) groups excluding carboxylic acids is 1. The monoisotopic (exact) mass is 427 g/mol. The smallest absolute Gasteiger partial charge is 0.408 e. The average molecular weight is 428 g/mol. The molecule has 5 rings (SSSR count). The van der Waals surface area contributed by atoms with E-state index < -0.39 is 5.76 Å². The molecule has 29 heavy (non-hydrogen) atoms. The summed E-state index contributed by atoms with van der Waals surface area (Å²) in [5.74, 6) is -0.410. The maximum Gasteiger partial charge on any atom is 0.420 e. The summed E-state index contributed by atoms with van der Waals surface area (Å²) in [6, 6.07) is 13.1. The topological polar surface area (TPSA) is 68.3 Å². The van der Waals surface area contributed by atoms with Crippen LogP contribution < -0.4 is 5.76 Å². The summed E-state index contributed by atoms with van der Waals surface area (Å²) in [5, 5.41) is 1.56. The third-order valence-corrected chi connectivity index (χ3v) is 6.79. The Balaban J connectivity index is 1.36. The van der Waals surface area contributed by atoms with E-state index in [1.54, 1.807) is 29.5 Å². The van der Waals surface area contributed by atoms with E-state index in [4.69, 9.17) is 21.0 Å². The molecule has 4 aromatic rings. The molecule has 0 bridgehead atoms. The first-order valence-corrected chi connectivity index (χ1v) is 10.7. The summed E-state index contributed by atoms with van der Waals surface area (Å²) in [6.07, 6.45) is 1.93. The van der Waals surface area contributed by atoms with Gasteiger partial charge in [0.25, 0.3) is 0 Å². The SMILES string of the molecule is O=C(Cn1c(=O)oc2cc(Cl)ccc21)N1CCCC(c2nc3ccccc3s2)C1. The van der Waals surface area contributed by atoms with Gasteiger partial charge in [0.15, 0.2) is 5.58 Å². The van der Waals surface area contributed by atoms with Crippen molar-refractivity contribution in [2.24, 2.45) is 0 Å². The molecular formula is C21H18ClN3O3S. The van der Waals surface area contributed by atoms with E-state index in [1.165, 1.54) is 9.27 Å². The van der Waals surface area contributed by atoms with Gasteiger partial charge in [0.05, 0.1) is 20.7 Å². The van der Waals surface area contributed by atoms with Gasteiger partial charge in [0.1, 0.15) is 6.54 Å². The largest absolute Gasteiger partial charge is 0.420 e. The summed E-state index contributed by atoms with van der Waals surface area (Å²) in [7, 11) is 0. The highest BCUT2D eigenvalue weighted by molar-refractivity contribution is 7.18. The van der Waals surface area contributed by atoms with Crippen LogP contribution in [0.3, 0.4) is 0 Å². The number of oxazole rings is 1. The fourth-order valence-corrected chi connectivity index (χ4v) is 5.15. The number of benzene rings is 2. The van der Waals surface area contributed by atoms with Crippen molar-refractivity contribution in [3.63, 3.8) is 0 Å². The average Bonchev–Trinajstić information content (AvgIpc) is 3.29. The van der Waals surface area contributed by atoms with Gasteiger partial charge in [-0.15, -0.1) is 11.3 Å². The predicted molar refractivity (Wildman–Crippen MR) is 114 cm³/mol. The van der Waals surface area contributed by atoms with Crippen LogP contribution in [0.25, 0.3) is 21.3 Å². The van der Waals surface area contributed by atoms with E-state index in [1.807, 2.05) is 23.1 Å². The molecule has 0 radical (unpaired) electrons. The molecule has 1 unspecified atom stereocenters. The number of nitrogens with zero attached hydrogens (tertiary/aromatic N) is 3. The standard InChI is InChI=1S/C21H18ClN3O3S/c22-14-7-8-16-17(10-14)28-21(27)25(16)12-19(26)24-9-3-4-13(11-24)20-23-15-5-1-2-6-18(15)29-20/h1-2,5-8,10,13H,3-4,9,11-12H2. The third kappa shape index (κ3) is 3.45. The zero-order valence-electron chi connectivity index (χ0n) is 15.5. The summed E-state index contributed by atoms with van der Waals surface area (Å²) in [5.41, 5.74) is 1.97. The third-order valence-electron chi connectivity index (χ3n) is 5.36. The second-order valence-electron chi connectivity index (χ2n) is 7.26. The van der Waals surface area contributed by atoms with Crippen LogP contribution in [0.1, 0.15) is 23.8 Å². The normalized spacial score (nSPS) is 17.3. The number of aromatic nitrogens is 2. The molecular weight excluding hydrogens is 410 g/mol. The predicted octanol–water partition coefficient (Wildman–Crippen LogP) is 4.26. The lowest BCUT2D eigenvalue weighted by atomic mass is 9.98. The van der Waals surface area contributed by atoms with Crippen molar-refractivity contribution in [1.29, 1.82) is 0 Å². The number of para-hydroxylation sites is 1. The molecule has 1 aliphatic rings. The number of amides is 1. The van der Waals surface area contributed by atoms with Gasteiger partial charge in [-0.3, -0.25) is 9.36 Å². The van der Waals surface area contributed by atoms with E-state index in [-0.39, 0.29) is 18.4 Å². The number of hydrogen-bond acceptors (Lipinski definition) is 5. The molecule has 2 aromatic carbocycles. The zero-order valence-corrected chi connectivity index (χ0v) is 17.1. The number of piperidine rings is 1. The van der Waals surface area contributed by atoms with Gasteiger partial charge in [-0.2, -0.15) is 0 Å². The lowest BCUT2D eigenvalue weighted by molar-refractivity contribution is -0.133. The fourth-order valence-electron chi connectivity index (χ4n) is 3.90. The minimum absolute atomic E-state index is 0.0416. The molecule has 148 valence electrons. The summed E-state index contributed by atoms with van der Waals surface area (Å²) < 4.78 is 7.77. The Hall–Kier alpha value is -2.64. The highest BCUT2D eigenvalue weighted by Gasteiger charge is 2.27. The molecule has 0 spiro atoms. The molecule has 0 saturated carbocycles. The molecule has 1 atom stereocenters. The number of carbonyl (C=O) groups is 1. The summed E-state index contributed by atoms with van der Waals surface area (Å²) >= 11 is 7.66. The van der Waals surface area contributed by atoms with Crippen LogP contribution >= 0.6 is 22.9 Å². The highest BCUT2D eigenvalue weighted by atomic mass is 35.5. The van der Waals surface area contributed by atoms with Crippen LogP contribution in [0, 0.1) is 0 Å². The number of rotatable bonds is 3. The molecule has 1 fully saturated rings. The molecule has 1 saturated heterocycles. The quantitative estimate of drug-likeness (QED) is 0.489. The van der Waals surface area contributed by atoms with Crippen LogP contribution in [0.4, 0.5) is 0 Å². The molecule has 1 aliphatic heterocycles. The first kappa shape index (κ1) is 18.4. The van der Waals surface area contributed by atoms with E-state index in [0.29, 0.717) is 29.2 Å². The van der Waals surface area contributed by atoms with Crippen molar-refractivity contribution in [3.05, 3.63) is 63.0 Å². The van der Waals surface area contributed by atoms with Gasteiger partial charge in [-0.1, -0.05) is 23.7 Å². The van der Waals surface area contributed by atoms with Gasteiger partial charge >= 0.3 is 5.76 Å². The Morgan fingerprint density at radius 1 is 1.28 bits per heavy atom. The Bertz CT molecular complexity index is 1240. The Labute approximate surface area is 175 Å². The number of thiazole rings is 1. The number of fused-ring (bicyclic) bond motifs is 2. The first-order valence-electron chi connectivity index (χ1n) is 9.50. The second kappa shape index (κ2) is 7.31. The van der Waals surface area contributed by atoms with Gasteiger partial charge in [0, 0.05) is 30.1 Å². The van der Waals surface area contributed by atoms with Crippen molar-refractivity contribution >= 4 is 50.2 Å². The van der Waals surface area contributed by atoms with Gasteiger partial charge in [-0.25, -0.2) is 9.78 Å². The number of hydrogen-bond donors (Lipinski definition) is 0. The van der Waals surface area contributed by atoms with Crippen LogP contribution in [-0.4, -0.2) is 33.4 Å². The molecule has 8 heteroatoms. The van der Waals surface area contributed by atoms with Crippen molar-refractivity contribution in [1.82, 2.24) is 14.5 Å². The van der Waals surface area contributed by atoms with Crippen molar-refractivity contribution in [2.75, 3.05) is 13.1 Å². The van der Waals surface area contributed by atoms with Crippen molar-refractivity contribution in [2.45, 2.75) is 25.3 Å². The Morgan fingerprint density at radius 3 is 3.00 bits per heavy atom. The van der Waals surface area contributed by atoms with Crippen LogP contribution in [-0.2, 0) is 11.3 Å². The van der Waals surface area contributed by atoms with E-state index >= 15 is 0 Å². The number of halogens is 1. The Kier molecular flexibility index (Phi) is 4.64. The molecule has 6 nitrogen and oxygen atoms in total. The molecule has 0 N–H and O–H groups in total. The summed E-state index contributed by atoms with van der Waals surface area (Å²) in [6.45, 7) is 1.27. The van der Waals surface area contributed by atoms with Crippen LogP contribution in [0.2, 0.25) is 5.02 Å². The minimum atomic E-state index is -0.546. The van der Waals surface area contributed by atoms with E-state index in [2.05, 4.69) is 6.07 Å². The van der Waals surface area contributed by atoms with Crippen LogP contribution in [0.5, 0.6) is 0 Å². The van der Waals surface area contributed by atoms with E-state index in [9.17, 15) is 9.59 Å². The number of likely N-dealkylation sites (tertiary alicyclic amines) is 1. The highest BCUT2D eigenvalue weighted by Crippen LogP contribution is 2.33. The molecule has 2 aromatic heterocycles. The van der Waals surface area contributed by atoms with Gasteiger partial charge in [0.2, 0.25) is 5.91 Å². The zero-order chi connectivity index (χ0) is 20.0.